The molecule has 0 radical (unpaired) electrons. The van der Waals surface area contributed by atoms with Gasteiger partial charge in [0.25, 0.3) is 11.8 Å². The summed E-state index contributed by atoms with van der Waals surface area (Å²) in [7, 11) is 0. The molecule has 1 heterocycles. The summed E-state index contributed by atoms with van der Waals surface area (Å²) in [5.41, 5.74) is 5.40. The van der Waals surface area contributed by atoms with Crippen LogP contribution < -0.4 is 16.0 Å². The minimum absolute atomic E-state index is 0.0982. The smallest absolute Gasteiger partial charge is 0.272 e. The van der Waals surface area contributed by atoms with E-state index in [1.165, 1.54) is 23.1 Å². The van der Waals surface area contributed by atoms with Crippen molar-refractivity contribution >= 4 is 57.7 Å². The Morgan fingerprint density at radius 1 is 0.755 bits per heavy atom. The summed E-state index contributed by atoms with van der Waals surface area (Å²) in [6, 6.07) is 43.0. The molecule has 6 aromatic rings. The maximum Gasteiger partial charge on any atom is 0.272 e. The molecule has 0 saturated carbocycles. The first kappa shape index (κ1) is 33.1. The van der Waals surface area contributed by atoms with E-state index in [1.807, 2.05) is 121 Å². The highest BCUT2D eigenvalue weighted by atomic mass is 32.2. The van der Waals surface area contributed by atoms with Crippen LogP contribution in [0.2, 0.25) is 0 Å². The van der Waals surface area contributed by atoms with Crippen LogP contribution in [0.4, 0.5) is 10.8 Å². The number of anilines is 2. The fraction of sp³-hybridized carbons (Fsp3) is 0.0500. The predicted octanol–water partition coefficient (Wildman–Crippen LogP) is 9.00. The summed E-state index contributed by atoms with van der Waals surface area (Å²) < 4.78 is 0. The first-order valence-electron chi connectivity index (χ1n) is 15.5. The second-order valence-electron chi connectivity index (χ2n) is 11.0. The molecule has 0 aliphatic rings. The van der Waals surface area contributed by atoms with Gasteiger partial charge in [-0.2, -0.15) is 0 Å². The predicted molar refractivity (Wildman–Crippen MR) is 199 cm³/mol. The lowest BCUT2D eigenvalue weighted by molar-refractivity contribution is -0.116. The first-order chi connectivity index (χ1) is 23.9. The Bertz CT molecular complexity index is 2100. The highest BCUT2D eigenvalue weighted by Gasteiger charge is 2.24. The summed E-state index contributed by atoms with van der Waals surface area (Å²) in [6.07, 6.45) is 1.67. The minimum atomic E-state index is -0.599. The molecule has 0 aliphatic heterocycles. The average Bonchev–Trinajstić information content (AvgIpc) is 3.61. The molecule has 49 heavy (non-hydrogen) atoms. The third-order valence-corrected chi connectivity index (χ3v) is 9.51. The Morgan fingerprint density at radius 3 is 2.16 bits per heavy atom. The molecule has 1 unspecified atom stereocenters. The van der Waals surface area contributed by atoms with Crippen LogP contribution in [0, 0.1) is 6.92 Å². The molecule has 0 saturated heterocycles. The van der Waals surface area contributed by atoms with Gasteiger partial charge in [-0.1, -0.05) is 109 Å². The maximum absolute atomic E-state index is 13.8. The van der Waals surface area contributed by atoms with E-state index in [2.05, 4.69) is 20.9 Å². The Morgan fingerprint density at radius 2 is 1.43 bits per heavy atom. The molecule has 7 nitrogen and oxygen atoms in total. The number of amides is 3. The topological polar surface area (TPSA) is 100 Å². The maximum atomic E-state index is 13.8. The number of aryl methyl sites for hydroxylation is 1. The van der Waals surface area contributed by atoms with Crippen molar-refractivity contribution in [3.63, 3.8) is 0 Å². The molecule has 1 atom stereocenters. The molecule has 1 aromatic heterocycles. The molecule has 0 bridgehead atoms. The van der Waals surface area contributed by atoms with Crippen molar-refractivity contribution in [3.8, 4) is 11.3 Å². The lowest BCUT2D eigenvalue weighted by Gasteiger charge is -2.17. The fourth-order valence-corrected chi connectivity index (χ4v) is 6.78. The highest BCUT2D eigenvalue weighted by Crippen LogP contribution is 2.38. The summed E-state index contributed by atoms with van der Waals surface area (Å²) >= 11 is 2.74. The van der Waals surface area contributed by atoms with Crippen LogP contribution >= 0.6 is 23.1 Å². The van der Waals surface area contributed by atoms with Gasteiger partial charge in [0.1, 0.15) is 10.9 Å². The second-order valence-corrected chi connectivity index (χ2v) is 13.1. The lowest BCUT2D eigenvalue weighted by Crippen LogP contribution is -2.30. The van der Waals surface area contributed by atoms with Gasteiger partial charge < -0.3 is 16.0 Å². The van der Waals surface area contributed by atoms with Gasteiger partial charge in [-0.15, -0.1) is 23.1 Å². The van der Waals surface area contributed by atoms with Crippen molar-refractivity contribution in [2.45, 2.75) is 17.1 Å². The Kier molecular flexibility index (Phi) is 10.7. The van der Waals surface area contributed by atoms with Crippen LogP contribution in [-0.2, 0) is 9.59 Å². The molecule has 3 N–H and O–H groups in total. The van der Waals surface area contributed by atoms with Gasteiger partial charge in [0.05, 0.1) is 5.69 Å². The summed E-state index contributed by atoms with van der Waals surface area (Å²) in [4.78, 5) is 45.9. The average molecular weight is 681 g/mol. The van der Waals surface area contributed by atoms with Crippen LogP contribution in [0.15, 0.2) is 155 Å². The van der Waals surface area contributed by atoms with E-state index in [-0.39, 0.29) is 11.6 Å². The van der Waals surface area contributed by atoms with Gasteiger partial charge >= 0.3 is 0 Å². The number of hydrogen-bond donors (Lipinski definition) is 3. The van der Waals surface area contributed by atoms with Crippen molar-refractivity contribution in [1.29, 1.82) is 0 Å². The second kappa shape index (κ2) is 15.9. The van der Waals surface area contributed by atoms with Crippen LogP contribution in [0.1, 0.15) is 32.3 Å². The summed E-state index contributed by atoms with van der Waals surface area (Å²) in [5, 5.41) is 10.6. The van der Waals surface area contributed by atoms with E-state index >= 15 is 0 Å². The largest absolute Gasteiger partial charge is 0.321 e. The number of thioether (sulfide) groups is 1. The molecule has 5 aromatic carbocycles. The first-order valence-corrected chi connectivity index (χ1v) is 17.3. The quantitative estimate of drug-likeness (QED) is 0.0937. The van der Waals surface area contributed by atoms with Gasteiger partial charge in [0, 0.05) is 27.1 Å². The van der Waals surface area contributed by atoms with Crippen LogP contribution in [0.25, 0.3) is 17.3 Å². The van der Waals surface area contributed by atoms with Crippen molar-refractivity contribution in [2.75, 3.05) is 10.6 Å². The summed E-state index contributed by atoms with van der Waals surface area (Å²) in [6.45, 7) is 1.94. The van der Waals surface area contributed by atoms with Gasteiger partial charge in [-0.25, -0.2) is 4.98 Å². The summed E-state index contributed by atoms with van der Waals surface area (Å²) in [5.74, 6) is -1.09. The number of rotatable bonds is 11. The molecule has 0 aliphatic carbocycles. The number of aromatic nitrogens is 1. The molecular weight excluding hydrogens is 649 g/mol. The van der Waals surface area contributed by atoms with E-state index in [1.54, 1.807) is 36.4 Å². The highest BCUT2D eigenvalue weighted by molar-refractivity contribution is 8.00. The van der Waals surface area contributed by atoms with Gasteiger partial charge in [0.2, 0.25) is 5.91 Å². The number of hydrogen-bond acceptors (Lipinski definition) is 6. The number of carbonyl (C=O) groups is 3. The number of thiazole rings is 1. The molecule has 0 fully saturated rings. The van der Waals surface area contributed by atoms with E-state index in [4.69, 9.17) is 0 Å². The van der Waals surface area contributed by atoms with Crippen molar-refractivity contribution in [1.82, 2.24) is 10.3 Å². The fourth-order valence-electron chi connectivity index (χ4n) is 4.97. The number of benzene rings is 5. The molecule has 242 valence electrons. The SMILES string of the molecule is Cc1ccccc1/C=C(\NC(=O)c1ccccc1)C(=O)Nc1cccc(SC(C(=O)Nc2nc(-c3ccccc3)cs2)c2ccccc2)c1. The molecule has 0 spiro atoms. The van der Waals surface area contributed by atoms with Crippen molar-refractivity contribution < 1.29 is 14.4 Å². The van der Waals surface area contributed by atoms with Crippen LogP contribution in [0.3, 0.4) is 0 Å². The zero-order valence-corrected chi connectivity index (χ0v) is 28.1. The van der Waals surface area contributed by atoms with E-state index in [0.29, 0.717) is 16.4 Å². The van der Waals surface area contributed by atoms with E-state index in [9.17, 15) is 14.4 Å². The Labute approximate surface area is 293 Å². The third-order valence-electron chi connectivity index (χ3n) is 7.51. The van der Waals surface area contributed by atoms with Crippen LogP contribution in [0.5, 0.6) is 0 Å². The number of carbonyl (C=O) groups excluding carboxylic acids is 3. The van der Waals surface area contributed by atoms with Crippen LogP contribution in [-0.4, -0.2) is 22.7 Å². The van der Waals surface area contributed by atoms with E-state index in [0.717, 1.165) is 32.8 Å². The standard InChI is InChI=1S/C40H32N4O3S2/c1-27-14-11-12-21-31(27)24-34(42-37(45)30-19-9-4-10-20-30)38(46)41-32-22-13-23-33(25-32)49-36(29-17-7-3-8-18-29)39(47)44-40-43-35(26-48-40)28-15-5-2-6-16-28/h2-26,36H,1H3,(H,41,46)(H,42,45)(H,43,44,47)/b34-24-. The molecule has 9 heteroatoms. The Balaban J connectivity index is 1.21. The van der Waals surface area contributed by atoms with Crippen molar-refractivity contribution in [3.05, 3.63) is 173 Å². The minimum Gasteiger partial charge on any atom is -0.321 e. The van der Waals surface area contributed by atoms with Gasteiger partial charge in [-0.3, -0.25) is 14.4 Å². The third kappa shape index (κ3) is 8.78. The zero-order chi connectivity index (χ0) is 34.0. The van der Waals surface area contributed by atoms with E-state index < -0.39 is 17.1 Å². The number of nitrogens with zero attached hydrogens (tertiary/aromatic N) is 1. The number of nitrogens with one attached hydrogen (secondary N) is 3. The zero-order valence-electron chi connectivity index (χ0n) is 26.5. The molecule has 6 rings (SSSR count). The monoisotopic (exact) mass is 680 g/mol. The molecule has 3 amide bonds. The lowest BCUT2D eigenvalue weighted by atomic mass is 10.1. The van der Waals surface area contributed by atoms with Gasteiger partial charge in [0.15, 0.2) is 5.13 Å². The van der Waals surface area contributed by atoms with Crippen molar-refractivity contribution in [2.24, 2.45) is 0 Å². The van der Waals surface area contributed by atoms with Gasteiger partial charge in [-0.05, 0) is 60.0 Å². The Hall–Kier alpha value is -5.77. The normalized spacial score (nSPS) is 11.7. The molecular formula is C40H32N4O3S2.